The molecule has 22 heavy (non-hydrogen) atoms. The number of likely N-dealkylation sites (tertiary alicyclic amines) is 1. The number of hydrogen-bond acceptors (Lipinski definition) is 4. The van der Waals surface area contributed by atoms with E-state index in [1.807, 2.05) is 6.07 Å². The molecule has 4 heteroatoms. The molecule has 3 fully saturated rings. The van der Waals surface area contributed by atoms with E-state index in [-0.39, 0.29) is 11.5 Å². The van der Waals surface area contributed by atoms with Crippen molar-refractivity contribution in [3.8, 4) is 11.5 Å². The second-order valence-electron chi connectivity index (χ2n) is 7.19. The van der Waals surface area contributed by atoms with Crippen molar-refractivity contribution in [2.75, 3.05) is 27.8 Å². The zero-order valence-corrected chi connectivity index (χ0v) is 13.6. The maximum Gasteiger partial charge on any atom is 0.161 e. The topological polar surface area (TPSA) is 41.9 Å². The fourth-order valence-corrected chi connectivity index (χ4v) is 5.68. The largest absolute Gasteiger partial charge is 0.493 e. The Labute approximate surface area is 132 Å². The highest BCUT2D eigenvalue weighted by atomic mass is 16.5. The fraction of sp³-hybridized carbons (Fsp3) is 0.667. The van der Waals surface area contributed by atoms with Gasteiger partial charge in [0, 0.05) is 17.4 Å². The van der Waals surface area contributed by atoms with Gasteiger partial charge in [-0.15, -0.1) is 0 Å². The molecule has 5 atom stereocenters. The Bertz CT molecular complexity index is 590. The zero-order chi connectivity index (χ0) is 15.5. The molecule has 4 rings (SSSR count). The van der Waals surface area contributed by atoms with Crippen LogP contribution >= 0.6 is 0 Å². The van der Waals surface area contributed by atoms with E-state index in [1.165, 1.54) is 12.0 Å². The van der Waals surface area contributed by atoms with E-state index in [9.17, 15) is 5.11 Å². The Hall–Kier alpha value is -1.26. The molecule has 4 nitrogen and oxygen atoms in total. The first kappa shape index (κ1) is 14.3. The summed E-state index contributed by atoms with van der Waals surface area (Å²) < 4.78 is 10.9. The Morgan fingerprint density at radius 1 is 1.18 bits per heavy atom. The number of methoxy groups -OCH3 is 2. The molecule has 1 unspecified atom stereocenters. The molecular formula is C18H25NO3. The van der Waals surface area contributed by atoms with Crippen LogP contribution in [-0.4, -0.2) is 50.0 Å². The van der Waals surface area contributed by atoms with Gasteiger partial charge in [0.2, 0.25) is 0 Å². The van der Waals surface area contributed by atoms with Gasteiger partial charge in [-0.1, -0.05) is 6.07 Å². The summed E-state index contributed by atoms with van der Waals surface area (Å²) in [7, 11) is 5.58. The van der Waals surface area contributed by atoms with Gasteiger partial charge < -0.3 is 19.5 Å². The third-order valence-electron chi connectivity index (χ3n) is 6.51. The number of aliphatic hydroxyl groups excluding tert-OH is 1. The SMILES string of the molecule is COc1ccc([C@]23CCN(C)[C@H]2[C@H]2CC3C[C@@H]2O)cc1OC. The average Bonchev–Trinajstić information content (AvgIpc) is 3.17. The second kappa shape index (κ2) is 4.87. The lowest BCUT2D eigenvalue weighted by Crippen LogP contribution is -2.49. The third kappa shape index (κ3) is 1.65. The smallest absolute Gasteiger partial charge is 0.161 e. The number of fused-ring (bicyclic) bond motifs is 5. The lowest BCUT2D eigenvalue weighted by molar-refractivity contribution is 0.0417. The van der Waals surface area contributed by atoms with E-state index < -0.39 is 0 Å². The molecule has 2 saturated carbocycles. The fourth-order valence-electron chi connectivity index (χ4n) is 5.68. The highest BCUT2D eigenvalue weighted by Crippen LogP contribution is 2.63. The van der Waals surface area contributed by atoms with E-state index in [0.717, 1.165) is 30.9 Å². The predicted octanol–water partition coefficient (Wildman–Crippen LogP) is 2.05. The van der Waals surface area contributed by atoms with E-state index in [0.29, 0.717) is 17.9 Å². The van der Waals surface area contributed by atoms with Gasteiger partial charge in [0.05, 0.1) is 20.3 Å². The number of ether oxygens (including phenoxy) is 2. The molecule has 1 aliphatic heterocycles. The van der Waals surface area contributed by atoms with Crippen molar-refractivity contribution in [2.24, 2.45) is 11.8 Å². The quantitative estimate of drug-likeness (QED) is 0.928. The molecule has 1 heterocycles. The predicted molar refractivity (Wildman–Crippen MR) is 84.5 cm³/mol. The van der Waals surface area contributed by atoms with Crippen LogP contribution in [0.4, 0.5) is 0 Å². The molecule has 2 bridgehead atoms. The molecule has 0 spiro atoms. The van der Waals surface area contributed by atoms with Crippen molar-refractivity contribution >= 4 is 0 Å². The van der Waals surface area contributed by atoms with Gasteiger partial charge in [-0.05, 0) is 56.5 Å². The number of benzene rings is 1. The molecule has 1 N–H and O–H groups in total. The summed E-state index contributed by atoms with van der Waals surface area (Å²) in [4.78, 5) is 2.46. The minimum absolute atomic E-state index is 0.121. The first-order valence-corrected chi connectivity index (χ1v) is 8.22. The zero-order valence-electron chi connectivity index (χ0n) is 13.6. The molecule has 2 aliphatic carbocycles. The standard InChI is InChI=1S/C18H25NO3/c1-19-7-6-18(12-8-13(17(18)19)14(20)9-12)11-4-5-15(21-2)16(10-11)22-3/h4-5,10,12-14,17,20H,6-9H2,1-3H3/t12?,13-,14-,17-,18-/m0/s1. The minimum Gasteiger partial charge on any atom is -0.493 e. The second-order valence-corrected chi connectivity index (χ2v) is 7.19. The van der Waals surface area contributed by atoms with Crippen LogP contribution < -0.4 is 9.47 Å². The molecule has 3 aliphatic rings. The van der Waals surface area contributed by atoms with E-state index in [4.69, 9.17) is 9.47 Å². The molecule has 120 valence electrons. The van der Waals surface area contributed by atoms with Crippen molar-refractivity contribution in [1.82, 2.24) is 4.90 Å². The first-order valence-electron chi connectivity index (χ1n) is 8.22. The van der Waals surface area contributed by atoms with Gasteiger partial charge in [-0.25, -0.2) is 0 Å². The van der Waals surface area contributed by atoms with Crippen LogP contribution in [-0.2, 0) is 5.41 Å². The Morgan fingerprint density at radius 3 is 2.68 bits per heavy atom. The summed E-state index contributed by atoms with van der Waals surface area (Å²) >= 11 is 0. The maximum absolute atomic E-state index is 10.4. The highest BCUT2D eigenvalue weighted by molar-refractivity contribution is 5.48. The summed E-state index contributed by atoms with van der Waals surface area (Å²) in [5.41, 5.74) is 1.54. The van der Waals surface area contributed by atoms with Crippen LogP contribution in [0.5, 0.6) is 11.5 Å². The van der Waals surface area contributed by atoms with Gasteiger partial charge in [-0.3, -0.25) is 0 Å². The molecule has 1 aromatic rings. The maximum atomic E-state index is 10.4. The molecule has 0 aromatic heterocycles. The van der Waals surface area contributed by atoms with Gasteiger partial charge in [0.25, 0.3) is 0 Å². The number of rotatable bonds is 3. The summed E-state index contributed by atoms with van der Waals surface area (Å²) in [5.74, 6) is 2.60. The Kier molecular flexibility index (Phi) is 3.17. The lowest BCUT2D eigenvalue weighted by atomic mass is 9.65. The van der Waals surface area contributed by atoms with E-state index in [2.05, 4.69) is 24.1 Å². The average molecular weight is 303 g/mol. The molecule has 1 saturated heterocycles. The summed E-state index contributed by atoms with van der Waals surface area (Å²) in [5, 5.41) is 10.4. The molecule has 1 aromatic carbocycles. The molecular weight excluding hydrogens is 278 g/mol. The number of likely N-dealkylation sites (N-methyl/N-ethyl adjacent to an activating group) is 1. The first-order chi connectivity index (χ1) is 10.6. The van der Waals surface area contributed by atoms with Gasteiger partial charge >= 0.3 is 0 Å². The molecule has 0 amide bonds. The van der Waals surface area contributed by atoms with Crippen LogP contribution in [0.15, 0.2) is 18.2 Å². The Morgan fingerprint density at radius 2 is 1.95 bits per heavy atom. The number of aliphatic hydroxyl groups is 1. The van der Waals surface area contributed by atoms with Crippen molar-refractivity contribution < 1.29 is 14.6 Å². The third-order valence-corrected chi connectivity index (χ3v) is 6.51. The van der Waals surface area contributed by atoms with Gasteiger partial charge in [-0.2, -0.15) is 0 Å². The van der Waals surface area contributed by atoms with Crippen molar-refractivity contribution in [1.29, 1.82) is 0 Å². The van der Waals surface area contributed by atoms with Crippen LogP contribution in [0.2, 0.25) is 0 Å². The van der Waals surface area contributed by atoms with Crippen molar-refractivity contribution in [3.05, 3.63) is 23.8 Å². The summed E-state index contributed by atoms with van der Waals surface area (Å²) in [6, 6.07) is 6.86. The number of nitrogens with zero attached hydrogens (tertiary/aromatic N) is 1. The van der Waals surface area contributed by atoms with Crippen LogP contribution in [0.3, 0.4) is 0 Å². The van der Waals surface area contributed by atoms with E-state index in [1.54, 1.807) is 14.2 Å². The highest BCUT2D eigenvalue weighted by Gasteiger charge is 2.65. The van der Waals surface area contributed by atoms with Crippen molar-refractivity contribution in [2.45, 2.75) is 36.8 Å². The van der Waals surface area contributed by atoms with Gasteiger partial charge in [0.1, 0.15) is 0 Å². The van der Waals surface area contributed by atoms with Crippen LogP contribution in [0, 0.1) is 11.8 Å². The minimum atomic E-state index is -0.121. The monoisotopic (exact) mass is 303 g/mol. The normalized spacial score (nSPS) is 40.0. The van der Waals surface area contributed by atoms with Crippen LogP contribution in [0.25, 0.3) is 0 Å². The van der Waals surface area contributed by atoms with Crippen LogP contribution in [0.1, 0.15) is 24.8 Å². The summed E-state index contributed by atoms with van der Waals surface area (Å²) in [6.45, 7) is 1.11. The number of hydrogen-bond donors (Lipinski definition) is 1. The molecule has 0 radical (unpaired) electrons. The Balaban J connectivity index is 1.81. The lowest BCUT2D eigenvalue weighted by Gasteiger charge is -2.43. The summed E-state index contributed by atoms with van der Waals surface area (Å²) in [6.07, 6.45) is 3.16. The van der Waals surface area contributed by atoms with Crippen molar-refractivity contribution in [3.63, 3.8) is 0 Å². The van der Waals surface area contributed by atoms with E-state index >= 15 is 0 Å². The van der Waals surface area contributed by atoms with Gasteiger partial charge in [0.15, 0.2) is 11.5 Å².